The highest BCUT2D eigenvalue weighted by Crippen LogP contribution is 2.28. The van der Waals surface area contributed by atoms with E-state index in [4.69, 9.17) is 0 Å². The smallest absolute Gasteiger partial charge is 0.257 e. The number of para-hydroxylation sites is 1. The van der Waals surface area contributed by atoms with Gasteiger partial charge in [-0.1, -0.05) is 30.3 Å². The number of aromatic nitrogens is 3. The van der Waals surface area contributed by atoms with Crippen molar-refractivity contribution in [1.82, 2.24) is 15.0 Å². The molecule has 2 aromatic carbocycles. The van der Waals surface area contributed by atoms with E-state index in [1.165, 1.54) is 11.3 Å². The van der Waals surface area contributed by atoms with E-state index in [-0.39, 0.29) is 5.91 Å². The van der Waals surface area contributed by atoms with Crippen LogP contribution in [-0.2, 0) is 0 Å². The van der Waals surface area contributed by atoms with Crippen LogP contribution < -0.4 is 10.6 Å². The summed E-state index contributed by atoms with van der Waals surface area (Å²) in [4.78, 5) is 24.5. The van der Waals surface area contributed by atoms with Gasteiger partial charge in [-0.3, -0.25) is 9.78 Å². The molecule has 0 aliphatic heterocycles. The highest BCUT2D eigenvalue weighted by molar-refractivity contribution is 7.14. The number of benzene rings is 2. The molecule has 0 bridgehead atoms. The zero-order valence-corrected chi connectivity index (χ0v) is 16.6. The van der Waals surface area contributed by atoms with E-state index in [1.807, 2.05) is 66.0 Å². The monoisotopic (exact) mass is 411 g/mol. The van der Waals surface area contributed by atoms with Crippen LogP contribution in [0.25, 0.3) is 22.2 Å². The molecular formula is C23H17N5OS. The van der Waals surface area contributed by atoms with Crippen LogP contribution >= 0.6 is 11.3 Å². The first-order valence-electron chi connectivity index (χ1n) is 9.37. The molecule has 0 fully saturated rings. The number of anilines is 3. The second kappa shape index (κ2) is 7.81. The number of aromatic amines is 1. The van der Waals surface area contributed by atoms with Gasteiger partial charge in [0.25, 0.3) is 5.91 Å². The molecule has 0 saturated carbocycles. The van der Waals surface area contributed by atoms with Crippen LogP contribution in [0, 0.1) is 0 Å². The Balaban J connectivity index is 1.29. The fourth-order valence-corrected chi connectivity index (χ4v) is 3.95. The highest BCUT2D eigenvalue weighted by Gasteiger charge is 2.12. The van der Waals surface area contributed by atoms with Gasteiger partial charge in [-0.2, -0.15) is 0 Å². The molecule has 0 aliphatic rings. The summed E-state index contributed by atoms with van der Waals surface area (Å²) in [5.74, 6) is -0.142. The Bertz CT molecular complexity index is 1310. The van der Waals surface area contributed by atoms with Crippen molar-refractivity contribution in [3.63, 3.8) is 0 Å². The number of hydrogen-bond donors (Lipinski definition) is 3. The Kier molecular flexibility index (Phi) is 4.71. The maximum atomic E-state index is 12.7. The van der Waals surface area contributed by atoms with E-state index in [0.717, 1.165) is 38.7 Å². The van der Waals surface area contributed by atoms with Gasteiger partial charge in [0.15, 0.2) is 5.13 Å². The number of amides is 1. The number of fused-ring (bicyclic) bond motifs is 1. The highest BCUT2D eigenvalue weighted by atomic mass is 32.1. The molecule has 3 N–H and O–H groups in total. The van der Waals surface area contributed by atoms with Gasteiger partial charge in [0, 0.05) is 39.9 Å². The van der Waals surface area contributed by atoms with Gasteiger partial charge in [-0.15, -0.1) is 11.3 Å². The van der Waals surface area contributed by atoms with Crippen molar-refractivity contribution in [1.29, 1.82) is 0 Å². The Morgan fingerprint density at radius 2 is 1.83 bits per heavy atom. The molecule has 0 atom stereocenters. The van der Waals surface area contributed by atoms with Gasteiger partial charge in [0.2, 0.25) is 0 Å². The van der Waals surface area contributed by atoms with E-state index in [9.17, 15) is 4.79 Å². The number of carbonyl (C=O) groups excluding carboxylic acids is 1. The Morgan fingerprint density at radius 1 is 0.967 bits per heavy atom. The molecular weight excluding hydrogens is 394 g/mol. The average molecular weight is 411 g/mol. The van der Waals surface area contributed by atoms with E-state index in [1.54, 1.807) is 18.6 Å². The molecule has 5 aromatic rings. The summed E-state index contributed by atoms with van der Waals surface area (Å²) in [6.07, 6.45) is 5.23. The lowest BCUT2D eigenvalue weighted by atomic mass is 10.1. The minimum Gasteiger partial charge on any atom is -0.360 e. The van der Waals surface area contributed by atoms with Gasteiger partial charge in [0.1, 0.15) is 0 Å². The second-order valence-corrected chi connectivity index (χ2v) is 7.54. The Labute approximate surface area is 176 Å². The van der Waals surface area contributed by atoms with Gasteiger partial charge in [0.05, 0.1) is 23.1 Å². The van der Waals surface area contributed by atoms with E-state index < -0.39 is 0 Å². The number of hydrogen-bond acceptors (Lipinski definition) is 5. The summed E-state index contributed by atoms with van der Waals surface area (Å²) in [6, 6.07) is 19.2. The van der Waals surface area contributed by atoms with Crippen molar-refractivity contribution >= 4 is 44.7 Å². The summed E-state index contributed by atoms with van der Waals surface area (Å²) in [5, 5.41) is 9.91. The SMILES string of the molecule is O=C(Nc1ccc(-c2csc(Nc3cccnc3)n2)cc1)c1c[nH]c2ccccc12. The largest absolute Gasteiger partial charge is 0.360 e. The van der Waals surface area contributed by atoms with Crippen molar-refractivity contribution in [3.05, 3.63) is 90.2 Å². The van der Waals surface area contributed by atoms with Crippen LogP contribution in [0.5, 0.6) is 0 Å². The predicted octanol–water partition coefficient (Wildman–Crippen LogP) is 5.68. The summed E-state index contributed by atoms with van der Waals surface area (Å²) < 4.78 is 0. The number of nitrogens with one attached hydrogen (secondary N) is 3. The molecule has 0 saturated heterocycles. The summed E-state index contributed by atoms with van der Waals surface area (Å²) >= 11 is 1.53. The van der Waals surface area contributed by atoms with Crippen LogP contribution in [0.2, 0.25) is 0 Å². The van der Waals surface area contributed by atoms with Crippen LogP contribution in [0.1, 0.15) is 10.4 Å². The molecule has 30 heavy (non-hydrogen) atoms. The Hall–Kier alpha value is -3.97. The maximum Gasteiger partial charge on any atom is 0.257 e. The quantitative estimate of drug-likeness (QED) is 0.347. The van der Waals surface area contributed by atoms with Gasteiger partial charge in [-0.25, -0.2) is 4.98 Å². The normalized spacial score (nSPS) is 10.8. The second-order valence-electron chi connectivity index (χ2n) is 6.68. The third-order valence-electron chi connectivity index (χ3n) is 4.69. The van der Waals surface area contributed by atoms with E-state index in [2.05, 4.69) is 25.6 Å². The first-order valence-corrected chi connectivity index (χ1v) is 10.2. The average Bonchev–Trinajstić information content (AvgIpc) is 3.42. The van der Waals surface area contributed by atoms with Gasteiger partial charge >= 0.3 is 0 Å². The zero-order valence-electron chi connectivity index (χ0n) is 15.8. The van der Waals surface area contributed by atoms with E-state index >= 15 is 0 Å². The standard InChI is InChI=1S/C23H17N5OS/c29-22(19-13-25-20-6-2-1-5-18(19)20)26-16-9-7-15(8-10-16)21-14-30-23(28-21)27-17-4-3-11-24-12-17/h1-14,25H,(H,26,29)(H,27,28). The molecule has 3 aromatic heterocycles. The van der Waals surface area contributed by atoms with Crippen LogP contribution in [-0.4, -0.2) is 20.9 Å². The Morgan fingerprint density at radius 3 is 2.67 bits per heavy atom. The van der Waals surface area contributed by atoms with Crippen molar-refractivity contribution < 1.29 is 4.79 Å². The molecule has 6 nitrogen and oxygen atoms in total. The summed E-state index contributed by atoms with van der Waals surface area (Å²) in [6.45, 7) is 0. The van der Waals surface area contributed by atoms with Crippen molar-refractivity contribution in [3.8, 4) is 11.3 Å². The topological polar surface area (TPSA) is 82.7 Å². The molecule has 0 spiro atoms. The first-order chi connectivity index (χ1) is 14.8. The molecule has 0 aliphatic carbocycles. The third kappa shape index (κ3) is 3.66. The number of pyridine rings is 1. The molecule has 0 radical (unpaired) electrons. The molecule has 3 heterocycles. The number of rotatable bonds is 5. The summed E-state index contributed by atoms with van der Waals surface area (Å²) in [7, 11) is 0. The summed E-state index contributed by atoms with van der Waals surface area (Å²) in [5.41, 5.74) is 5.06. The number of nitrogens with zero attached hydrogens (tertiary/aromatic N) is 2. The molecule has 7 heteroatoms. The van der Waals surface area contributed by atoms with Gasteiger partial charge in [-0.05, 0) is 30.3 Å². The number of thiazole rings is 1. The first kappa shape index (κ1) is 18.1. The van der Waals surface area contributed by atoms with Crippen molar-refractivity contribution in [2.45, 2.75) is 0 Å². The van der Waals surface area contributed by atoms with Crippen LogP contribution in [0.4, 0.5) is 16.5 Å². The minimum atomic E-state index is -0.142. The number of H-pyrrole nitrogens is 1. The lowest BCUT2D eigenvalue weighted by molar-refractivity contribution is 0.102. The van der Waals surface area contributed by atoms with E-state index in [0.29, 0.717) is 5.56 Å². The van der Waals surface area contributed by atoms with Crippen LogP contribution in [0.3, 0.4) is 0 Å². The lowest BCUT2D eigenvalue weighted by Crippen LogP contribution is -2.11. The fraction of sp³-hybridized carbons (Fsp3) is 0. The fourth-order valence-electron chi connectivity index (χ4n) is 3.21. The third-order valence-corrected chi connectivity index (χ3v) is 5.45. The van der Waals surface area contributed by atoms with Crippen molar-refractivity contribution in [2.75, 3.05) is 10.6 Å². The predicted molar refractivity (Wildman–Crippen MR) is 121 cm³/mol. The lowest BCUT2D eigenvalue weighted by Gasteiger charge is -2.05. The molecule has 1 amide bonds. The maximum absolute atomic E-state index is 12.7. The number of carbonyl (C=O) groups is 1. The van der Waals surface area contributed by atoms with Gasteiger partial charge < -0.3 is 15.6 Å². The molecule has 5 rings (SSSR count). The zero-order chi connectivity index (χ0) is 20.3. The van der Waals surface area contributed by atoms with Crippen LogP contribution in [0.15, 0.2) is 84.6 Å². The van der Waals surface area contributed by atoms with Crippen molar-refractivity contribution in [2.24, 2.45) is 0 Å². The molecule has 0 unspecified atom stereocenters. The molecule has 146 valence electrons. The minimum absolute atomic E-state index is 0.142.